The minimum atomic E-state index is -0.482. The first-order valence-electron chi connectivity index (χ1n) is 9.12. The number of hydrogen-bond acceptors (Lipinski definition) is 6. The van der Waals surface area contributed by atoms with E-state index in [0.29, 0.717) is 49.9 Å². The lowest BCUT2D eigenvalue weighted by atomic mass is 10.1. The van der Waals surface area contributed by atoms with Gasteiger partial charge in [0.15, 0.2) is 11.9 Å². The number of amides is 1. The van der Waals surface area contributed by atoms with Gasteiger partial charge in [-0.1, -0.05) is 23.4 Å². The van der Waals surface area contributed by atoms with Crippen molar-refractivity contribution < 1.29 is 18.4 Å². The van der Waals surface area contributed by atoms with E-state index in [-0.39, 0.29) is 18.1 Å². The van der Waals surface area contributed by atoms with E-state index >= 15 is 0 Å². The molecule has 1 atom stereocenters. The fourth-order valence-corrected chi connectivity index (χ4v) is 3.11. The van der Waals surface area contributed by atoms with Gasteiger partial charge in [-0.3, -0.25) is 9.48 Å². The van der Waals surface area contributed by atoms with Gasteiger partial charge in [0.05, 0.1) is 13.2 Å². The Labute approximate surface area is 160 Å². The fraction of sp³-hybridized carbons (Fsp3) is 0.368. The summed E-state index contributed by atoms with van der Waals surface area (Å²) in [5.41, 5.74) is 0.495. The number of aromatic nitrogens is 4. The molecule has 0 N–H and O–H groups in total. The van der Waals surface area contributed by atoms with Gasteiger partial charge in [0.25, 0.3) is 5.89 Å². The first-order valence-corrected chi connectivity index (χ1v) is 9.12. The highest BCUT2D eigenvalue weighted by Crippen LogP contribution is 2.22. The van der Waals surface area contributed by atoms with Gasteiger partial charge in [0.2, 0.25) is 5.91 Å². The fourth-order valence-electron chi connectivity index (χ4n) is 3.11. The Morgan fingerprint density at radius 2 is 2.18 bits per heavy atom. The molecule has 3 aromatic rings. The summed E-state index contributed by atoms with van der Waals surface area (Å²) < 4.78 is 26.5. The summed E-state index contributed by atoms with van der Waals surface area (Å²) in [5.74, 6) is 0.397. The zero-order valence-corrected chi connectivity index (χ0v) is 15.2. The van der Waals surface area contributed by atoms with Gasteiger partial charge in [-0.25, -0.2) is 4.39 Å². The smallest absolute Gasteiger partial charge is 0.257 e. The molecule has 0 spiro atoms. The molecule has 146 valence electrons. The van der Waals surface area contributed by atoms with Crippen LogP contribution in [0, 0.1) is 5.82 Å². The van der Waals surface area contributed by atoms with Crippen molar-refractivity contribution in [2.24, 2.45) is 0 Å². The molecule has 9 heteroatoms. The monoisotopic (exact) mass is 385 g/mol. The van der Waals surface area contributed by atoms with Gasteiger partial charge < -0.3 is 14.2 Å². The molecule has 3 heterocycles. The van der Waals surface area contributed by atoms with Crippen LogP contribution in [0.2, 0.25) is 0 Å². The minimum absolute atomic E-state index is 0.0231. The van der Waals surface area contributed by atoms with Crippen LogP contribution in [-0.4, -0.2) is 50.4 Å². The van der Waals surface area contributed by atoms with Gasteiger partial charge in [-0.2, -0.15) is 10.1 Å². The van der Waals surface area contributed by atoms with Crippen LogP contribution in [0.25, 0.3) is 0 Å². The average molecular weight is 385 g/mol. The highest BCUT2D eigenvalue weighted by Gasteiger charge is 2.29. The molecule has 1 fully saturated rings. The highest BCUT2D eigenvalue weighted by molar-refractivity contribution is 5.76. The van der Waals surface area contributed by atoms with Crippen molar-refractivity contribution in [2.75, 3.05) is 19.7 Å². The van der Waals surface area contributed by atoms with E-state index in [4.69, 9.17) is 9.26 Å². The molecule has 0 saturated carbocycles. The molecule has 1 unspecified atom stereocenters. The second-order valence-electron chi connectivity index (χ2n) is 6.54. The number of morpholine rings is 1. The summed E-state index contributed by atoms with van der Waals surface area (Å²) >= 11 is 0. The van der Waals surface area contributed by atoms with E-state index in [1.807, 2.05) is 12.3 Å². The molecule has 1 aliphatic heterocycles. The number of rotatable bonds is 6. The van der Waals surface area contributed by atoms with Gasteiger partial charge in [-0.15, -0.1) is 0 Å². The van der Waals surface area contributed by atoms with Crippen LogP contribution in [0.5, 0.6) is 0 Å². The number of aryl methyl sites for hydroxylation is 1. The second-order valence-corrected chi connectivity index (χ2v) is 6.54. The highest BCUT2D eigenvalue weighted by atomic mass is 19.1. The van der Waals surface area contributed by atoms with E-state index in [1.54, 1.807) is 34.0 Å². The van der Waals surface area contributed by atoms with Crippen molar-refractivity contribution in [1.29, 1.82) is 0 Å². The molecule has 28 heavy (non-hydrogen) atoms. The number of ether oxygens (including phenoxy) is 1. The number of carbonyl (C=O) groups is 1. The van der Waals surface area contributed by atoms with Crippen molar-refractivity contribution in [2.45, 2.75) is 25.5 Å². The molecular weight excluding hydrogens is 365 g/mol. The quantitative estimate of drug-likeness (QED) is 0.645. The molecule has 1 aliphatic rings. The maximum absolute atomic E-state index is 13.8. The lowest BCUT2D eigenvalue weighted by Crippen LogP contribution is -2.42. The molecule has 1 saturated heterocycles. The summed E-state index contributed by atoms with van der Waals surface area (Å²) in [6.45, 7) is 1.79. The Kier molecular flexibility index (Phi) is 5.43. The largest absolute Gasteiger partial charge is 0.365 e. The Balaban J connectivity index is 1.36. The SMILES string of the molecule is O=C(CCn1cccn1)N1CCOC(c2nc(Cc3ccccc3F)no2)C1. The molecule has 0 aliphatic carbocycles. The maximum atomic E-state index is 13.8. The van der Waals surface area contributed by atoms with Crippen LogP contribution >= 0.6 is 0 Å². The van der Waals surface area contributed by atoms with Gasteiger partial charge in [0, 0.05) is 38.3 Å². The third kappa shape index (κ3) is 4.25. The predicted octanol–water partition coefficient (Wildman–Crippen LogP) is 1.99. The molecule has 1 aromatic carbocycles. The summed E-state index contributed by atoms with van der Waals surface area (Å²) in [4.78, 5) is 18.5. The van der Waals surface area contributed by atoms with E-state index < -0.39 is 6.10 Å². The molecule has 4 rings (SSSR count). The van der Waals surface area contributed by atoms with E-state index in [2.05, 4.69) is 15.2 Å². The lowest BCUT2D eigenvalue weighted by molar-refractivity contribution is -0.140. The Bertz CT molecular complexity index is 927. The predicted molar refractivity (Wildman–Crippen MR) is 95.6 cm³/mol. The summed E-state index contributed by atoms with van der Waals surface area (Å²) in [6, 6.07) is 8.30. The van der Waals surface area contributed by atoms with Crippen LogP contribution in [0.1, 0.15) is 29.8 Å². The first-order chi connectivity index (χ1) is 13.7. The van der Waals surface area contributed by atoms with Crippen LogP contribution in [0.3, 0.4) is 0 Å². The molecule has 0 bridgehead atoms. The van der Waals surface area contributed by atoms with Crippen LogP contribution in [-0.2, 0) is 22.5 Å². The average Bonchev–Trinajstić information content (AvgIpc) is 3.40. The normalized spacial score (nSPS) is 17.0. The Hall–Kier alpha value is -3.07. The van der Waals surface area contributed by atoms with Crippen molar-refractivity contribution in [3.05, 3.63) is 65.8 Å². The summed E-state index contributed by atoms with van der Waals surface area (Å²) in [7, 11) is 0. The third-order valence-corrected chi connectivity index (χ3v) is 4.60. The molecule has 8 nitrogen and oxygen atoms in total. The van der Waals surface area contributed by atoms with Gasteiger partial charge >= 0.3 is 0 Å². The van der Waals surface area contributed by atoms with Crippen LogP contribution in [0.4, 0.5) is 4.39 Å². The molecular formula is C19H20FN5O3. The number of nitrogens with zero attached hydrogens (tertiary/aromatic N) is 5. The Morgan fingerprint density at radius 1 is 1.29 bits per heavy atom. The first kappa shape index (κ1) is 18.3. The van der Waals surface area contributed by atoms with Gasteiger partial charge in [0.1, 0.15) is 5.82 Å². The summed E-state index contributed by atoms with van der Waals surface area (Å²) in [6.07, 6.45) is 3.62. The van der Waals surface area contributed by atoms with Crippen LogP contribution in [0.15, 0.2) is 47.2 Å². The topological polar surface area (TPSA) is 86.3 Å². The Morgan fingerprint density at radius 3 is 3.00 bits per heavy atom. The standard InChI is InChI=1S/C19H20FN5O3/c20-15-5-2-1-4-14(15)12-17-22-19(28-23-17)16-13-24(10-11-27-16)18(26)6-9-25-8-3-7-21-25/h1-5,7-8,16H,6,9-13H2. The van der Waals surface area contributed by atoms with Crippen molar-refractivity contribution in [3.63, 3.8) is 0 Å². The number of carbonyl (C=O) groups excluding carboxylic acids is 1. The number of benzene rings is 1. The van der Waals surface area contributed by atoms with E-state index in [1.165, 1.54) is 6.07 Å². The number of halogens is 1. The van der Waals surface area contributed by atoms with Crippen molar-refractivity contribution in [3.8, 4) is 0 Å². The minimum Gasteiger partial charge on any atom is -0.365 e. The van der Waals surface area contributed by atoms with Crippen molar-refractivity contribution >= 4 is 5.91 Å². The summed E-state index contributed by atoms with van der Waals surface area (Å²) in [5, 5.41) is 8.02. The van der Waals surface area contributed by atoms with Crippen LogP contribution < -0.4 is 0 Å². The third-order valence-electron chi connectivity index (χ3n) is 4.60. The second kappa shape index (κ2) is 8.30. The zero-order valence-electron chi connectivity index (χ0n) is 15.2. The van der Waals surface area contributed by atoms with Gasteiger partial charge in [-0.05, 0) is 17.7 Å². The molecule has 0 radical (unpaired) electrons. The van der Waals surface area contributed by atoms with E-state index in [0.717, 1.165) is 0 Å². The lowest BCUT2D eigenvalue weighted by Gasteiger charge is -2.31. The molecule has 1 amide bonds. The zero-order chi connectivity index (χ0) is 19.3. The van der Waals surface area contributed by atoms with E-state index in [9.17, 15) is 9.18 Å². The molecule has 2 aromatic heterocycles. The maximum Gasteiger partial charge on any atom is 0.257 e. The van der Waals surface area contributed by atoms with Crippen molar-refractivity contribution in [1.82, 2.24) is 24.8 Å². The number of hydrogen-bond donors (Lipinski definition) is 0.